The van der Waals surface area contributed by atoms with Crippen molar-refractivity contribution in [2.45, 2.75) is 50.5 Å². The number of ether oxygens (including phenoxy) is 1. The van der Waals surface area contributed by atoms with Crippen LogP contribution >= 0.6 is 11.3 Å². The molecule has 1 saturated carbocycles. The maximum Gasteiger partial charge on any atom is 0.257 e. The van der Waals surface area contributed by atoms with Crippen LogP contribution in [0.25, 0.3) is 0 Å². The molecule has 0 radical (unpaired) electrons. The third-order valence-corrected chi connectivity index (χ3v) is 7.31. The lowest BCUT2D eigenvalue weighted by Crippen LogP contribution is -2.41. The van der Waals surface area contributed by atoms with Gasteiger partial charge in [-0.15, -0.1) is 11.3 Å². The van der Waals surface area contributed by atoms with Gasteiger partial charge in [-0.25, -0.2) is 18.1 Å². The third-order valence-electron chi connectivity index (χ3n) is 4.98. The van der Waals surface area contributed by atoms with Crippen LogP contribution in [0.1, 0.15) is 47.8 Å². The van der Waals surface area contributed by atoms with Crippen molar-refractivity contribution in [3.63, 3.8) is 0 Å². The summed E-state index contributed by atoms with van der Waals surface area (Å²) in [7, 11) is -2.42. The number of anilines is 1. The fourth-order valence-electron chi connectivity index (χ4n) is 3.36. The Bertz CT molecular complexity index is 956. The minimum absolute atomic E-state index is 0.0317. The van der Waals surface area contributed by atoms with Crippen molar-refractivity contribution < 1.29 is 17.9 Å². The van der Waals surface area contributed by atoms with Crippen molar-refractivity contribution in [3.05, 3.63) is 34.8 Å². The van der Waals surface area contributed by atoms with Gasteiger partial charge in [0.25, 0.3) is 5.91 Å². The van der Waals surface area contributed by atoms with Gasteiger partial charge in [-0.05, 0) is 43.9 Å². The van der Waals surface area contributed by atoms with Crippen LogP contribution in [0.3, 0.4) is 0 Å². The Kier molecular flexibility index (Phi) is 6.36. The van der Waals surface area contributed by atoms with E-state index in [0.717, 1.165) is 30.6 Å². The average Bonchev–Trinajstić information content (AvgIpc) is 3.07. The highest BCUT2D eigenvalue weighted by Crippen LogP contribution is 2.29. The highest BCUT2D eigenvalue weighted by atomic mass is 32.2. The maximum absolute atomic E-state index is 13.0. The molecule has 7 nitrogen and oxygen atoms in total. The molecule has 9 heteroatoms. The van der Waals surface area contributed by atoms with Crippen LogP contribution in [0.15, 0.2) is 29.3 Å². The molecular formula is C19H25N3O4S2. The topological polar surface area (TPSA) is 97.4 Å². The highest BCUT2D eigenvalue weighted by Gasteiger charge is 2.29. The summed E-state index contributed by atoms with van der Waals surface area (Å²) in [5.41, 5.74) is 0.228. The van der Waals surface area contributed by atoms with Crippen molar-refractivity contribution in [1.82, 2.24) is 9.71 Å². The summed E-state index contributed by atoms with van der Waals surface area (Å²) in [6, 6.07) is 4.28. The molecule has 2 N–H and O–H groups in total. The van der Waals surface area contributed by atoms with Gasteiger partial charge in [-0.2, -0.15) is 0 Å². The number of nitrogens with zero attached hydrogens (tertiary/aromatic N) is 1. The van der Waals surface area contributed by atoms with Gasteiger partial charge in [-0.3, -0.25) is 10.1 Å². The van der Waals surface area contributed by atoms with E-state index in [1.165, 1.54) is 36.6 Å². The molecule has 1 fully saturated rings. The van der Waals surface area contributed by atoms with Crippen LogP contribution in [-0.2, 0) is 10.0 Å². The fraction of sp³-hybridized carbons (Fsp3) is 0.474. The Morgan fingerprint density at radius 1 is 1.29 bits per heavy atom. The average molecular weight is 424 g/mol. The molecule has 0 bridgehead atoms. The molecule has 0 aliphatic heterocycles. The smallest absolute Gasteiger partial charge is 0.257 e. The minimum Gasteiger partial charge on any atom is -0.495 e. The van der Waals surface area contributed by atoms with Gasteiger partial charge in [0.2, 0.25) is 10.0 Å². The van der Waals surface area contributed by atoms with Crippen LogP contribution in [0.5, 0.6) is 5.75 Å². The SMILES string of the molecule is COc1ccc(C(=O)Nc2ncc(C)s2)cc1S(=O)(=O)N[C@H]1CCCC[C@H]1C. The fourth-order valence-corrected chi connectivity index (χ4v) is 5.60. The molecule has 1 aliphatic carbocycles. The third kappa shape index (κ3) is 4.71. The lowest BCUT2D eigenvalue weighted by molar-refractivity contribution is 0.102. The molecule has 1 aliphatic rings. The second-order valence-corrected chi connectivity index (χ2v) is 10.0. The molecule has 1 aromatic heterocycles. The van der Waals surface area contributed by atoms with E-state index in [1.807, 2.05) is 6.92 Å². The zero-order chi connectivity index (χ0) is 20.3. The van der Waals surface area contributed by atoms with Crippen molar-refractivity contribution in [3.8, 4) is 5.75 Å². The summed E-state index contributed by atoms with van der Waals surface area (Å²) in [5.74, 6) is 0.0613. The number of hydrogen-bond acceptors (Lipinski definition) is 6. The van der Waals surface area contributed by atoms with Crippen LogP contribution < -0.4 is 14.8 Å². The number of nitrogens with one attached hydrogen (secondary N) is 2. The van der Waals surface area contributed by atoms with Crippen molar-refractivity contribution in [2.24, 2.45) is 5.92 Å². The zero-order valence-electron chi connectivity index (χ0n) is 16.2. The van der Waals surface area contributed by atoms with Gasteiger partial charge < -0.3 is 4.74 Å². The summed E-state index contributed by atoms with van der Waals surface area (Å²) in [6.07, 6.45) is 5.60. The predicted octanol–water partition coefficient (Wildman–Crippen LogP) is 3.57. The first-order valence-corrected chi connectivity index (χ1v) is 11.5. The first-order valence-electron chi connectivity index (χ1n) is 9.24. The van der Waals surface area contributed by atoms with E-state index in [-0.39, 0.29) is 28.2 Å². The van der Waals surface area contributed by atoms with E-state index in [9.17, 15) is 13.2 Å². The number of carbonyl (C=O) groups excluding carboxylic acids is 1. The second-order valence-electron chi connectivity index (χ2n) is 7.09. The number of amides is 1. The van der Waals surface area contributed by atoms with Gasteiger partial charge in [0.15, 0.2) is 5.13 Å². The van der Waals surface area contributed by atoms with E-state index in [2.05, 4.69) is 21.9 Å². The Morgan fingerprint density at radius 2 is 2.04 bits per heavy atom. The quantitative estimate of drug-likeness (QED) is 0.740. The molecular weight excluding hydrogens is 398 g/mol. The number of methoxy groups -OCH3 is 1. The number of benzene rings is 1. The van der Waals surface area contributed by atoms with Crippen molar-refractivity contribution in [2.75, 3.05) is 12.4 Å². The molecule has 2 aromatic rings. The van der Waals surface area contributed by atoms with E-state index < -0.39 is 15.9 Å². The Balaban J connectivity index is 1.86. The molecule has 152 valence electrons. The molecule has 3 rings (SSSR count). The summed E-state index contributed by atoms with van der Waals surface area (Å²) in [6.45, 7) is 3.95. The standard InChI is InChI=1S/C19H25N3O4S2/c1-12-6-4-5-7-15(12)22-28(24,25)17-10-14(8-9-16(17)26-3)18(23)21-19-20-11-13(2)27-19/h8-12,15,22H,4-7H2,1-3H3,(H,20,21,23)/t12-,15+/m1/s1. The number of thiazole rings is 1. The number of sulfonamides is 1. The van der Waals surface area contributed by atoms with Crippen molar-refractivity contribution in [1.29, 1.82) is 0 Å². The summed E-state index contributed by atoms with van der Waals surface area (Å²) < 4.78 is 34.1. The zero-order valence-corrected chi connectivity index (χ0v) is 17.8. The van der Waals surface area contributed by atoms with Gasteiger partial charge in [-0.1, -0.05) is 19.8 Å². The van der Waals surface area contributed by atoms with Crippen LogP contribution in [0.4, 0.5) is 5.13 Å². The molecule has 1 aromatic carbocycles. The monoisotopic (exact) mass is 423 g/mol. The molecule has 2 atom stereocenters. The lowest BCUT2D eigenvalue weighted by Gasteiger charge is -2.29. The molecule has 0 saturated heterocycles. The first kappa shape index (κ1) is 20.8. The second kappa shape index (κ2) is 8.59. The number of aryl methyl sites for hydroxylation is 1. The number of carbonyl (C=O) groups is 1. The van der Waals surface area contributed by atoms with E-state index in [4.69, 9.17) is 4.74 Å². The first-order chi connectivity index (χ1) is 13.3. The number of aromatic nitrogens is 1. The summed E-state index contributed by atoms with van der Waals surface area (Å²) in [4.78, 5) is 17.6. The van der Waals surface area contributed by atoms with Crippen LogP contribution in [0, 0.1) is 12.8 Å². The molecule has 0 unspecified atom stereocenters. The predicted molar refractivity (Wildman–Crippen MR) is 110 cm³/mol. The summed E-state index contributed by atoms with van der Waals surface area (Å²) >= 11 is 1.35. The van der Waals surface area contributed by atoms with Gasteiger partial charge in [0.05, 0.1) is 7.11 Å². The molecule has 1 heterocycles. The normalized spacial score (nSPS) is 20.0. The maximum atomic E-state index is 13.0. The lowest BCUT2D eigenvalue weighted by atomic mass is 9.87. The number of rotatable bonds is 6. The summed E-state index contributed by atoms with van der Waals surface area (Å²) in [5, 5.41) is 3.17. The van der Waals surface area contributed by atoms with E-state index in [0.29, 0.717) is 5.13 Å². The van der Waals surface area contributed by atoms with Crippen LogP contribution in [-0.4, -0.2) is 32.5 Å². The molecule has 0 spiro atoms. The Morgan fingerprint density at radius 3 is 2.68 bits per heavy atom. The van der Waals surface area contributed by atoms with Crippen molar-refractivity contribution >= 4 is 32.4 Å². The largest absolute Gasteiger partial charge is 0.495 e. The van der Waals surface area contributed by atoms with Gasteiger partial charge >= 0.3 is 0 Å². The van der Waals surface area contributed by atoms with Gasteiger partial charge in [0, 0.05) is 22.7 Å². The Labute approximate surface area is 169 Å². The van der Waals surface area contributed by atoms with Gasteiger partial charge in [0.1, 0.15) is 10.6 Å². The van der Waals surface area contributed by atoms with Crippen LogP contribution in [0.2, 0.25) is 0 Å². The minimum atomic E-state index is -3.83. The van der Waals surface area contributed by atoms with E-state index in [1.54, 1.807) is 6.20 Å². The van der Waals surface area contributed by atoms with E-state index >= 15 is 0 Å². The Hall–Kier alpha value is -1.97. The molecule has 28 heavy (non-hydrogen) atoms. The number of hydrogen-bond donors (Lipinski definition) is 2. The highest BCUT2D eigenvalue weighted by molar-refractivity contribution is 7.89. The molecule has 1 amide bonds.